The van der Waals surface area contributed by atoms with Gasteiger partial charge < -0.3 is 9.51 Å². The molecule has 1 aromatic carbocycles. The summed E-state index contributed by atoms with van der Waals surface area (Å²) in [7, 11) is 0. The van der Waals surface area contributed by atoms with Gasteiger partial charge in [-0.1, -0.05) is 12.1 Å². The van der Waals surface area contributed by atoms with Gasteiger partial charge in [0.1, 0.15) is 5.65 Å². The number of nitrogens with zero attached hydrogens (tertiary/aromatic N) is 2. The summed E-state index contributed by atoms with van der Waals surface area (Å²) in [5, 5.41) is 11.3. The summed E-state index contributed by atoms with van der Waals surface area (Å²) in [6.45, 7) is 0.0914. The number of aromatic nitrogens is 2. The molecule has 3 heterocycles. The predicted molar refractivity (Wildman–Crippen MR) is 102 cm³/mol. The monoisotopic (exact) mass is 352 g/mol. The highest BCUT2D eigenvalue weighted by Gasteiger charge is 2.07. The first-order chi connectivity index (χ1) is 11.8. The Balaban J connectivity index is 1.72. The van der Waals surface area contributed by atoms with Crippen molar-refractivity contribution in [3.63, 3.8) is 0 Å². The van der Waals surface area contributed by atoms with Gasteiger partial charge in [0.15, 0.2) is 0 Å². The molecule has 3 aromatic heterocycles. The number of hydrogen-bond donors (Lipinski definition) is 1. The summed E-state index contributed by atoms with van der Waals surface area (Å²) in [6.07, 6.45) is 6.23. The molecule has 24 heavy (non-hydrogen) atoms. The number of rotatable bonds is 4. The molecule has 0 atom stereocenters. The number of benzene rings is 1. The minimum Gasteiger partial charge on any atom is -0.391 e. The number of imidazole rings is 1. The molecule has 0 amide bonds. The Morgan fingerprint density at radius 3 is 2.54 bits per heavy atom. The average molecular weight is 352 g/mol. The molecule has 0 spiro atoms. The fraction of sp³-hybridized carbons (Fsp3) is 0.105. The lowest BCUT2D eigenvalue weighted by Gasteiger charge is -1.99. The van der Waals surface area contributed by atoms with Crippen LogP contribution in [-0.2, 0) is 6.61 Å². The van der Waals surface area contributed by atoms with Crippen molar-refractivity contribution in [3.8, 4) is 22.4 Å². The normalized spacial score (nSPS) is 11.2. The van der Waals surface area contributed by atoms with Crippen molar-refractivity contribution in [3.05, 3.63) is 65.1 Å². The van der Waals surface area contributed by atoms with Crippen LogP contribution < -0.4 is 0 Å². The van der Waals surface area contributed by atoms with E-state index >= 15 is 0 Å². The zero-order chi connectivity index (χ0) is 16.5. The van der Waals surface area contributed by atoms with Gasteiger partial charge in [0.25, 0.3) is 0 Å². The first kappa shape index (κ1) is 15.4. The van der Waals surface area contributed by atoms with E-state index in [2.05, 4.69) is 58.8 Å². The highest BCUT2D eigenvalue weighted by molar-refractivity contribution is 7.98. The molecule has 0 saturated heterocycles. The van der Waals surface area contributed by atoms with Gasteiger partial charge in [0, 0.05) is 27.7 Å². The van der Waals surface area contributed by atoms with Crippen LogP contribution in [0.2, 0.25) is 0 Å². The van der Waals surface area contributed by atoms with Crippen LogP contribution in [0.3, 0.4) is 0 Å². The summed E-state index contributed by atoms with van der Waals surface area (Å²) in [5.74, 6) is 0. The minimum absolute atomic E-state index is 0.0914. The largest absolute Gasteiger partial charge is 0.391 e. The fourth-order valence-electron chi connectivity index (χ4n) is 2.68. The van der Waals surface area contributed by atoms with E-state index in [1.165, 1.54) is 4.90 Å². The highest BCUT2D eigenvalue weighted by atomic mass is 32.2. The Bertz CT molecular complexity index is 986. The van der Waals surface area contributed by atoms with Gasteiger partial charge in [-0.25, -0.2) is 4.98 Å². The van der Waals surface area contributed by atoms with E-state index in [0.717, 1.165) is 32.9 Å². The molecule has 0 unspecified atom stereocenters. The first-order valence-electron chi connectivity index (χ1n) is 7.58. The molecule has 5 heteroatoms. The van der Waals surface area contributed by atoms with Crippen LogP contribution in [0.5, 0.6) is 0 Å². The molecule has 0 aliphatic rings. The smallest absolute Gasteiger partial charge is 0.137 e. The van der Waals surface area contributed by atoms with E-state index in [9.17, 15) is 5.11 Å². The molecule has 120 valence electrons. The predicted octanol–water partition coefficient (Wildman–Crippen LogP) is 4.94. The van der Waals surface area contributed by atoms with Gasteiger partial charge >= 0.3 is 0 Å². The summed E-state index contributed by atoms with van der Waals surface area (Å²) >= 11 is 3.32. The maximum atomic E-state index is 9.23. The van der Waals surface area contributed by atoms with E-state index < -0.39 is 0 Å². The summed E-state index contributed by atoms with van der Waals surface area (Å²) < 4.78 is 2.06. The zero-order valence-electron chi connectivity index (χ0n) is 13.1. The Kier molecular flexibility index (Phi) is 4.14. The summed E-state index contributed by atoms with van der Waals surface area (Å²) in [5.41, 5.74) is 5.28. The molecule has 0 aliphatic heterocycles. The first-order valence-corrected chi connectivity index (χ1v) is 9.69. The quantitative estimate of drug-likeness (QED) is 0.528. The van der Waals surface area contributed by atoms with Crippen molar-refractivity contribution in [2.45, 2.75) is 11.5 Å². The lowest BCUT2D eigenvalue weighted by Crippen LogP contribution is -1.84. The summed E-state index contributed by atoms with van der Waals surface area (Å²) in [6, 6.07) is 14.6. The fourth-order valence-corrected chi connectivity index (χ4v) is 3.84. The third-order valence-electron chi connectivity index (χ3n) is 3.98. The Morgan fingerprint density at radius 2 is 1.83 bits per heavy atom. The molecule has 0 bridgehead atoms. The molecule has 4 aromatic rings. The number of aliphatic hydroxyl groups excluding tert-OH is 1. The Morgan fingerprint density at radius 1 is 1.04 bits per heavy atom. The van der Waals surface area contributed by atoms with Gasteiger partial charge in [0.2, 0.25) is 0 Å². The van der Waals surface area contributed by atoms with E-state index in [1.54, 1.807) is 23.1 Å². The Labute approximate surface area is 148 Å². The van der Waals surface area contributed by atoms with Crippen LogP contribution in [0.1, 0.15) is 4.88 Å². The van der Waals surface area contributed by atoms with Crippen molar-refractivity contribution in [2.75, 3.05) is 6.26 Å². The molecule has 1 N–H and O–H groups in total. The number of hydrogen-bond acceptors (Lipinski definition) is 4. The number of thiophene rings is 1. The average Bonchev–Trinajstić information content (AvgIpc) is 3.27. The van der Waals surface area contributed by atoms with Crippen molar-refractivity contribution < 1.29 is 5.11 Å². The van der Waals surface area contributed by atoms with Crippen molar-refractivity contribution in [1.29, 1.82) is 0 Å². The number of thioether (sulfide) groups is 1. The standard InChI is InChI=1S/C19H16N2OS2/c1-23-16-5-2-13(3-6-16)18-10-21-9-14(4-7-19(21)20-18)15-8-17(11-22)24-12-15/h2-10,12,22H,11H2,1H3. The molecule has 0 saturated carbocycles. The third kappa shape index (κ3) is 2.86. The van der Waals surface area contributed by atoms with Gasteiger partial charge in [-0.3, -0.25) is 0 Å². The minimum atomic E-state index is 0.0914. The third-order valence-corrected chi connectivity index (χ3v) is 5.64. The molecular weight excluding hydrogens is 336 g/mol. The van der Waals surface area contributed by atoms with E-state index in [0.29, 0.717) is 0 Å². The molecule has 0 aliphatic carbocycles. The van der Waals surface area contributed by atoms with Gasteiger partial charge in [-0.15, -0.1) is 23.1 Å². The van der Waals surface area contributed by atoms with E-state index in [1.807, 2.05) is 12.1 Å². The van der Waals surface area contributed by atoms with Crippen molar-refractivity contribution in [1.82, 2.24) is 9.38 Å². The highest BCUT2D eigenvalue weighted by Crippen LogP contribution is 2.28. The van der Waals surface area contributed by atoms with E-state index in [4.69, 9.17) is 4.98 Å². The maximum Gasteiger partial charge on any atom is 0.137 e. The van der Waals surface area contributed by atoms with E-state index in [-0.39, 0.29) is 6.61 Å². The molecule has 0 radical (unpaired) electrons. The maximum absolute atomic E-state index is 9.23. The van der Waals surface area contributed by atoms with Crippen LogP contribution in [0.25, 0.3) is 28.0 Å². The lowest BCUT2D eigenvalue weighted by molar-refractivity contribution is 0.285. The second-order valence-corrected chi connectivity index (χ2v) is 7.37. The Hall–Kier alpha value is -2.08. The van der Waals surface area contributed by atoms with Crippen LogP contribution in [-0.4, -0.2) is 20.7 Å². The second-order valence-electron chi connectivity index (χ2n) is 5.50. The van der Waals surface area contributed by atoms with Crippen LogP contribution in [0, 0.1) is 0 Å². The topological polar surface area (TPSA) is 37.5 Å². The SMILES string of the molecule is CSc1ccc(-c2cn3cc(-c4csc(CO)c4)ccc3n2)cc1. The zero-order valence-corrected chi connectivity index (χ0v) is 14.8. The number of aliphatic hydroxyl groups is 1. The van der Waals surface area contributed by atoms with Crippen molar-refractivity contribution in [2.24, 2.45) is 0 Å². The van der Waals surface area contributed by atoms with Crippen molar-refractivity contribution >= 4 is 28.7 Å². The van der Waals surface area contributed by atoms with Gasteiger partial charge in [-0.05, 0) is 53.1 Å². The molecule has 0 fully saturated rings. The van der Waals surface area contributed by atoms with Crippen LogP contribution >= 0.6 is 23.1 Å². The lowest BCUT2D eigenvalue weighted by atomic mass is 10.1. The number of pyridine rings is 1. The second kappa shape index (κ2) is 6.43. The van der Waals surface area contributed by atoms with Crippen LogP contribution in [0.4, 0.5) is 0 Å². The van der Waals surface area contributed by atoms with Gasteiger partial charge in [-0.2, -0.15) is 0 Å². The summed E-state index contributed by atoms with van der Waals surface area (Å²) in [4.78, 5) is 6.94. The van der Waals surface area contributed by atoms with Gasteiger partial charge in [0.05, 0.1) is 12.3 Å². The number of fused-ring (bicyclic) bond motifs is 1. The van der Waals surface area contributed by atoms with Crippen LogP contribution in [0.15, 0.2) is 65.1 Å². The molecular formula is C19H16N2OS2. The molecule has 3 nitrogen and oxygen atoms in total. The molecule has 4 rings (SSSR count).